The van der Waals surface area contributed by atoms with Crippen molar-refractivity contribution in [3.8, 4) is 5.75 Å². The average Bonchev–Trinajstić information content (AvgIpc) is 2.18. The summed E-state index contributed by atoms with van der Waals surface area (Å²) in [5, 5.41) is 9.34. The number of esters is 1. The van der Waals surface area contributed by atoms with Crippen LogP contribution < -0.4 is 18.9 Å². The summed E-state index contributed by atoms with van der Waals surface area (Å²) < 4.78 is 4.95. The SMILES string of the molecule is CCCCOC(=O)c1ccccc1O.[H-].[Li+]. The van der Waals surface area contributed by atoms with Gasteiger partial charge in [-0.1, -0.05) is 25.5 Å². The average molecular weight is 202 g/mol. The number of hydrogen-bond donors (Lipinski definition) is 1. The number of phenols is 1. The largest absolute Gasteiger partial charge is 1.00 e. The number of phenolic OH excluding ortho intramolecular Hbond substituents is 1. The Bertz CT molecular complexity index is 318. The Hall–Kier alpha value is -0.913. The van der Waals surface area contributed by atoms with Crippen LogP contribution >= 0.6 is 0 Å². The van der Waals surface area contributed by atoms with E-state index >= 15 is 0 Å². The molecule has 0 saturated heterocycles. The van der Waals surface area contributed by atoms with Gasteiger partial charge in [-0.25, -0.2) is 4.79 Å². The van der Waals surface area contributed by atoms with Gasteiger partial charge in [-0.2, -0.15) is 0 Å². The van der Waals surface area contributed by atoms with Gasteiger partial charge in [0.05, 0.1) is 6.61 Å². The minimum atomic E-state index is -0.462. The Morgan fingerprint density at radius 1 is 1.47 bits per heavy atom. The molecule has 1 rings (SSSR count). The Morgan fingerprint density at radius 2 is 2.13 bits per heavy atom. The van der Waals surface area contributed by atoms with E-state index in [0.29, 0.717) is 6.61 Å². The number of rotatable bonds is 4. The molecule has 0 aliphatic rings. The second-order valence-electron chi connectivity index (χ2n) is 3.01. The van der Waals surface area contributed by atoms with Crippen molar-refractivity contribution in [2.45, 2.75) is 19.8 Å². The zero-order valence-corrected chi connectivity index (χ0v) is 9.19. The molecule has 78 valence electrons. The molecule has 0 saturated carbocycles. The van der Waals surface area contributed by atoms with Gasteiger partial charge in [-0.15, -0.1) is 0 Å². The molecule has 0 amide bonds. The Balaban J connectivity index is 0. The van der Waals surface area contributed by atoms with E-state index in [1.54, 1.807) is 18.2 Å². The van der Waals surface area contributed by atoms with Gasteiger partial charge in [0.2, 0.25) is 0 Å². The van der Waals surface area contributed by atoms with Crippen LogP contribution in [0.4, 0.5) is 0 Å². The zero-order chi connectivity index (χ0) is 10.4. The molecule has 0 aromatic heterocycles. The van der Waals surface area contributed by atoms with E-state index in [1.807, 2.05) is 6.92 Å². The van der Waals surface area contributed by atoms with Crippen molar-refractivity contribution in [1.29, 1.82) is 0 Å². The quantitative estimate of drug-likeness (QED) is 0.405. The fourth-order valence-corrected chi connectivity index (χ4v) is 1.03. The molecule has 0 unspecified atom stereocenters. The number of carbonyl (C=O) groups excluding carboxylic acids is 1. The molecule has 0 spiro atoms. The van der Waals surface area contributed by atoms with Gasteiger partial charge in [-0.05, 0) is 18.6 Å². The fraction of sp³-hybridized carbons (Fsp3) is 0.364. The molecule has 0 radical (unpaired) electrons. The van der Waals surface area contributed by atoms with Crippen LogP contribution in [0.15, 0.2) is 24.3 Å². The minimum absolute atomic E-state index is 0. The van der Waals surface area contributed by atoms with Gasteiger partial charge >= 0.3 is 24.8 Å². The first-order chi connectivity index (χ1) is 6.75. The molecule has 3 nitrogen and oxygen atoms in total. The molecule has 4 heteroatoms. The summed E-state index contributed by atoms with van der Waals surface area (Å²) in [6, 6.07) is 6.37. The van der Waals surface area contributed by atoms with Crippen LogP contribution in [-0.2, 0) is 4.74 Å². The predicted octanol–water partition coefficient (Wildman–Crippen LogP) is -0.534. The van der Waals surface area contributed by atoms with Gasteiger partial charge in [0, 0.05) is 0 Å². The summed E-state index contributed by atoms with van der Waals surface area (Å²) in [5.41, 5.74) is 0.226. The number of unbranched alkanes of at least 4 members (excludes halogenated alkanes) is 1. The summed E-state index contributed by atoms with van der Waals surface area (Å²) in [5.74, 6) is -0.495. The minimum Gasteiger partial charge on any atom is -1.00 e. The normalized spacial score (nSPS) is 9.13. The van der Waals surface area contributed by atoms with E-state index in [9.17, 15) is 9.90 Å². The third kappa shape index (κ3) is 4.42. The molecule has 0 aliphatic carbocycles. The van der Waals surface area contributed by atoms with Crippen LogP contribution in [-0.4, -0.2) is 17.7 Å². The van der Waals surface area contributed by atoms with Crippen molar-refractivity contribution in [3.05, 3.63) is 29.8 Å². The molecule has 0 bridgehead atoms. The molecule has 1 N–H and O–H groups in total. The van der Waals surface area contributed by atoms with Crippen LogP contribution in [0.2, 0.25) is 0 Å². The number of benzene rings is 1. The van der Waals surface area contributed by atoms with E-state index < -0.39 is 5.97 Å². The Morgan fingerprint density at radius 3 is 2.73 bits per heavy atom. The zero-order valence-electron chi connectivity index (χ0n) is 10.2. The van der Waals surface area contributed by atoms with Crippen LogP contribution in [0, 0.1) is 0 Å². The molecule has 0 atom stereocenters. The maximum atomic E-state index is 11.4. The summed E-state index contributed by atoms with van der Waals surface area (Å²) in [6.45, 7) is 2.43. The smallest absolute Gasteiger partial charge is 1.00 e. The van der Waals surface area contributed by atoms with Crippen molar-refractivity contribution in [1.82, 2.24) is 0 Å². The third-order valence-corrected chi connectivity index (χ3v) is 1.86. The van der Waals surface area contributed by atoms with E-state index in [4.69, 9.17) is 4.74 Å². The van der Waals surface area contributed by atoms with E-state index in [1.165, 1.54) is 6.07 Å². The van der Waals surface area contributed by atoms with Crippen molar-refractivity contribution >= 4 is 5.97 Å². The molecule has 0 heterocycles. The van der Waals surface area contributed by atoms with E-state index in [2.05, 4.69) is 0 Å². The number of aromatic hydroxyl groups is 1. The Labute approximate surface area is 103 Å². The van der Waals surface area contributed by atoms with E-state index in [0.717, 1.165) is 12.8 Å². The number of carbonyl (C=O) groups is 1. The first-order valence-electron chi connectivity index (χ1n) is 4.70. The van der Waals surface area contributed by atoms with Gasteiger partial charge in [-0.3, -0.25) is 0 Å². The molecule has 1 aromatic carbocycles. The van der Waals surface area contributed by atoms with Crippen molar-refractivity contribution in [2.75, 3.05) is 6.61 Å². The predicted molar refractivity (Wildman–Crippen MR) is 54.4 cm³/mol. The maximum absolute atomic E-state index is 11.4. The monoisotopic (exact) mass is 202 g/mol. The second kappa shape index (κ2) is 7.39. The van der Waals surface area contributed by atoms with Gasteiger partial charge in [0.15, 0.2) is 0 Å². The van der Waals surface area contributed by atoms with Gasteiger partial charge < -0.3 is 11.3 Å². The third-order valence-electron chi connectivity index (χ3n) is 1.86. The molecular formula is C11H15LiO3. The van der Waals surface area contributed by atoms with Crippen LogP contribution in [0.25, 0.3) is 0 Å². The molecule has 15 heavy (non-hydrogen) atoms. The van der Waals surface area contributed by atoms with Crippen LogP contribution in [0.1, 0.15) is 31.6 Å². The van der Waals surface area contributed by atoms with Crippen LogP contribution in [0.3, 0.4) is 0 Å². The van der Waals surface area contributed by atoms with Gasteiger partial charge in [0.1, 0.15) is 11.3 Å². The summed E-state index contributed by atoms with van der Waals surface area (Å²) >= 11 is 0. The van der Waals surface area contributed by atoms with Crippen molar-refractivity contribution < 1.29 is 34.9 Å². The van der Waals surface area contributed by atoms with Crippen LogP contribution in [0.5, 0.6) is 5.75 Å². The standard InChI is InChI=1S/C11H14O3.Li.H/c1-2-3-8-14-11(13)9-6-4-5-7-10(9)12;;/h4-7,12H,2-3,8H2,1H3;;/q;+1;-1. The molecule has 0 fully saturated rings. The molecule has 0 aliphatic heterocycles. The second-order valence-corrected chi connectivity index (χ2v) is 3.01. The number of ether oxygens (including phenoxy) is 1. The van der Waals surface area contributed by atoms with Crippen molar-refractivity contribution in [2.24, 2.45) is 0 Å². The number of hydrogen-bond acceptors (Lipinski definition) is 3. The summed E-state index contributed by atoms with van der Waals surface area (Å²) in [6.07, 6.45) is 1.83. The van der Waals surface area contributed by atoms with Gasteiger partial charge in [0.25, 0.3) is 0 Å². The maximum Gasteiger partial charge on any atom is 1.00 e. The topological polar surface area (TPSA) is 46.5 Å². The van der Waals surface area contributed by atoms with Crippen molar-refractivity contribution in [3.63, 3.8) is 0 Å². The first-order valence-corrected chi connectivity index (χ1v) is 4.70. The summed E-state index contributed by atoms with van der Waals surface area (Å²) in [4.78, 5) is 11.4. The van der Waals surface area contributed by atoms with E-state index in [-0.39, 0.29) is 31.6 Å². The summed E-state index contributed by atoms with van der Waals surface area (Å²) in [7, 11) is 0. The molecule has 1 aromatic rings. The Kier molecular flexibility index (Phi) is 6.94. The first kappa shape index (κ1) is 14.1. The number of para-hydroxylation sites is 1. The fourth-order valence-electron chi connectivity index (χ4n) is 1.03. The molecular weight excluding hydrogens is 187 g/mol.